The second kappa shape index (κ2) is 7.13. The van der Waals surface area contributed by atoms with E-state index in [1.165, 1.54) is 11.0 Å². The van der Waals surface area contributed by atoms with Gasteiger partial charge in [-0.1, -0.05) is 36.4 Å². The molecule has 0 saturated carbocycles. The molecule has 0 bridgehead atoms. The molecule has 1 aromatic heterocycles. The molecule has 0 radical (unpaired) electrons. The number of β-amino-alcohol motifs (C(OH)–C–C–N with tert-alkyl or cyclic N) is 1. The number of benzene rings is 2. The van der Waals surface area contributed by atoms with E-state index < -0.39 is 12.1 Å². The van der Waals surface area contributed by atoms with Gasteiger partial charge in [0.25, 0.3) is 5.91 Å². The lowest BCUT2D eigenvalue weighted by molar-refractivity contribution is 0.0655. The summed E-state index contributed by atoms with van der Waals surface area (Å²) in [5, 5.41) is 20.4. The molecular formula is C21H21FN2O3. The minimum absolute atomic E-state index is 0.186. The predicted molar refractivity (Wildman–Crippen MR) is 100.0 cm³/mol. The second-order valence-electron chi connectivity index (χ2n) is 6.95. The number of hydrogen-bond acceptors (Lipinski definition) is 3. The fourth-order valence-electron chi connectivity index (χ4n) is 3.82. The van der Waals surface area contributed by atoms with Crippen LogP contribution in [0.3, 0.4) is 0 Å². The maximum Gasteiger partial charge on any atom is 0.270 e. The standard InChI is InChI=1S/C21H21FN2O3/c22-18-7-3-1-6-15(18)11-24-19-8-4-2-5-14(19)9-20(24)21(27)23-12-17(26)10-16(23)13-25/h1-9,16-17,25-26H,10-13H2/t16-,17-/m0/s1. The molecule has 0 unspecified atom stereocenters. The summed E-state index contributed by atoms with van der Waals surface area (Å²) in [7, 11) is 0. The Balaban J connectivity index is 1.78. The Kier molecular flexibility index (Phi) is 4.68. The predicted octanol–water partition coefficient (Wildman–Crippen LogP) is 2.40. The quantitative estimate of drug-likeness (QED) is 0.743. The van der Waals surface area contributed by atoms with Crippen LogP contribution in [0.5, 0.6) is 0 Å². The van der Waals surface area contributed by atoms with Gasteiger partial charge < -0.3 is 19.7 Å². The van der Waals surface area contributed by atoms with Crippen LogP contribution in [0.25, 0.3) is 10.9 Å². The molecular weight excluding hydrogens is 347 g/mol. The van der Waals surface area contributed by atoms with Crippen molar-refractivity contribution < 1.29 is 19.4 Å². The van der Waals surface area contributed by atoms with E-state index in [0.29, 0.717) is 17.7 Å². The summed E-state index contributed by atoms with van der Waals surface area (Å²) in [4.78, 5) is 14.7. The van der Waals surface area contributed by atoms with E-state index in [-0.39, 0.29) is 31.4 Å². The highest BCUT2D eigenvalue weighted by Crippen LogP contribution is 2.26. The van der Waals surface area contributed by atoms with Crippen LogP contribution in [0, 0.1) is 5.82 Å². The number of aliphatic hydroxyl groups is 2. The van der Waals surface area contributed by atoms with Gasteiger partial charge in [-0.3, -0.25) is 4.79 Å². The molecule has 2 aromatic carbocycles. The van der Waals surface area contributed by atoms with E-state index in [4.69, 9.17) is 0 Å². The second-order valence-corrected chi connectivity index (χ2v) is 6.95. The van der Waals surface area contributed by atoms with E-state index >= 15 is 0 Å². The maximum atomic E-state index is 14.2. The molecule has 1 amide bonds. The molecule has 2 atom stereocenters. The van der Waals surface area contributed by atoms with Crippen LogP contribution in [0.2, 0.25) is 0 Å². The van der Waals surface area contributed by atoms with Crippen molar-refractivity contribution in [3.8, 4) is 0 Å². The number of amides is 1. The SMILES string of the molecule is O=C(c1cc2ccccc2n1Cc1ccccc1F)N1C[C@@H](O)C[C@H]1CO. The normalized spacial score (nSPS) is 19.7. The minimum atomic E-state index is -0.643. The van der Waals surface area contributed by atoms with Gasteiger partial charge in [-0.2, -0.15) is 0 Å². The van der Waals surface area contributed by atoms with E-state index in [9.17, 15) is 19.4 Å². The number of carbonyl (C=O) groups is 1. The van der Waals surface area contributed by atoms with Crippen LogP contribution in [-0.4, -0.2) is 50.9 Å². The van der Waals surface area contributed by atoms with Crippen molar-refractivity contribution in [1.82, 2.24) is 9.47 Å². The molecule has 1 aliphatic heterocycles. The number of aromatic nitrogens is 1. The van der Waals surface area contributed by atoms with Crippen molar-refractivity contribution in [2.24, 2.45) is 0 Å². The number of nitrogens with zero attached hydrogens (tertiary/aromatic N) is 2. The lowest BCUT2D eigenvalue weighted by Crippen LogP contribution is -2.39. The number of fused-ring (bicyclic) bond motifs is 1. The van der Waals surface area contributed by atoms with Crippen LogP contribution in [0.15, 0.2) is 54.6 Å². The highest BCUT2D eigenvalue weighted by Gasteiger charge is 2.35. The summed E-state index contributed by atoms with van der Waals surface area (Å²) >= 11 is 0. The third kappa shape index (κ3) is 3.22. The van der Waals surface area contributed by atoms with Crippen LogP contribution in [0.1, 0.15) is 22.5 Å². The lowest BCUT2D eigenvalue weighted by atomic mass is 10.2. The van der Waals surface area contributed by atoms with Gasteiger partial charge in [0.2, 0.25) is 0 Å². The molecule has 2 heterocycles. The Morgan fingerprint density at radius 3 is 2.67 bits per heavy atom. The largest absolute Gasteiger partial charge is 0.394 e. The highest BCUT2D eigenvalue weighted by molar-refractivity contribution is 5.99. The number of carbonyl (C=O) groups excluding carboxylic acids is 1. The van der Waals surface area contributed by atoms with E-state index in [1.54, 1.807) is 28.8 Å². The Hall–Kier alpha value is -2.70. The molecule has 4 rings (SSSR count). The summed E-state index contributed by atoms with van der Waals surface area (Å²) in [6.07, 6.45) is -0.286. The van der Waals surface area contributed by atoms with Crippen LogP contribution >= 0.6 is 0 Å². The summed E-state index contributed by atoms with van der Waals surface area (Å²) in [6.45, 7) is 0.211. The summed E-state index contributed by atoms with van der Waals surface area (Å²) in [5.41, 5.74) is 1.75. The van der Waals surface area contributed by atoms with Gasteiger partial charge in [0.05, 0.1) is 25.3 Å². The van der Waals surface area contributed by atoms with Gasteiger partial charge in [-0.05, 0) is 24.6 Å². The fraction of sp³-hybridized carbons (Fsp3) is 0.286. The number of para-hydroxylation sites is 1. The first-order chi connectivity index (χ1) is 13.1. The van der Waals surface area contributed by atoms with Gasteiger partial charge in [0.15, 0.2) is 0 Å². The first kappa shape index (κ1) is 17.7. The fourth-order valence-corrected chi connectivity index (χ4v) is 3.82. The van der Waals surface area contributed by atoms with Crippen molar-refractivity contribution >= 4 is 16.8 Å². The number of halogens is 1. The van der Waals surface area contributed by atoms with Gasteiger partial charge in [-0.15, -0.1) is 0 Å². The third-order valence-corrected chi connectivity index (χ3v) is 5.18. The molecule has 140 valence electrons. The molecule has 1 aliphatic rings. The maximum absolute atomic E-state index is 14.2. The minimum Gasteiger partial charge on any atom is -0.394 e. The van der Waals surface area contributed by atoms with Crippen molar-refractivity contribution in [2.75, 3.05) is 13.2 Å². The van der Waals surface area contributed by atoms with E-state index in [0.717, 1.165) is 10.9 Å². The van der Waals surface area contributed by atoms with E-state index in [1.807, 2.05) is 24.3 Å². The highest BCUT2D eigenvalue weighted by atomic mass is 19.1. The summed E-state index contributed by atoms with van der Waals surface area (Å²) in [5.74, 6) is -0.586. The number of likely N-dealkylation sites (tertiary alicyclic amines) is 1. The number of rotatable bonds is 4. The molecule has 1 saturated heterocycles. The monoisotopic (exact) mass is 368 g/mol. The molecule has 5 nitrogen and oxygen atoms in total. The molecule has 6 heteroatoms. The van der Waals surface area contributed by atoms with Crippen LogP contribution in [0.4, 0.5) is 4.39 Å². The average molecular weight is 368 g/mol. The van der Waals surface area contributed by atoms with Gasteiger partial charge in [-0.25, -0.2) is 4.39 Å². The van der Waals surface area contributed by atoms with Gasteiger partial charge in [0.1, 0.15) is 11.5 Å². The molecule has 0 spiro atoms. The number of aliphatic hydroxyl groups excluding tert-OH is 2. The average Bonchev–Trinajstić information content (AvgIpc) is 3.23. The molecule has 0 aliphatic carbocycles. The zero-order valence-corrected chi connectivity index (χ0v) is 14.8. The smallest absolute Gasteiger partial charge is 0.270 e. The van der Waals surface area contributed by atoms with Crippen molar-refractivity contribution in [1.29, 1.82) is 0 Å². The first-order valence-corrected chi connectivity index (χ1v) is 9.00. The van der Waals surface area contributed by atoms with Gasteiger partial charge in [0, 0.05) is 23.0 Å². The van der Waals surface area contributed by atoms with Crippen LogP contribution < -0.4 is 0 Å². The topological polar surface area (TPSA) is 65.7 Å². The van der Waals surface area contributed by atoms with Crippen molar-refractivity contribution in [3.05, 3.63) is 71.7 Å². The summed E-state index contributed by atoms with van der Waals surface area (Å²) in [6, 6.07) is 15.5. The Morgan fingerprint density at radius 1 is 1.15 bits per heavy atom. The van der Waals surface area contributed by atoms with Crippen molar-refractivity contribution in [2.45, 2.75) is 25.1 Å². The lowest BCUT2D eigenvalue weighted by Gasteiger charge is -2.23. The van der Waals surface area contributed by atoms with Crippen molar-refractivity contribution in [3.63, 3.8) is 0 Å². The Bertz CT molecular complexity index is 984. The third-order valence-electron chi connectivity index (χ3n) is 5.18. The van der Waals surface area contributed by atoms with Crippen LogP contribution in [-0.2, 0) is 6.54 Å². The zero-order chi connectivity index (χ0) is 19.0. The number of hydrogen-bond donors (Lipinski definition) is 2. The summed E-state index contributed by atoms with van der Waals surface area (Å²) < 4.78 is 16.0. The molecule has 1 fully saturated rings. The Morgan fingerprint density at radius 2 is 1.89 bits per heavy atom. The Labute approximate surface area is 156 Å². The first-order valence-electron chi connectivity index (χ1n) is 9.00. The molecule has 3 aromatic rings. The zero-order valence-electron chi connectivity index (χ0n) is 14.8. The van der Waals surface area contributed by atoms with E-state index in [2.05, 4.69) is 0 Å². The molecule has 27 heavy (non-hydrogen) atoms. The molecule has 2 N–H and O–H groups in total. The van der Waals surface area contributed by atoms with Gasteiger partial charge >= 0.3 is 0 Å².